The van der Waals surface area contributed by atoms with E-state index < -0.39 is 5.97 Å². The van der Waals surface area contributed by atoms with Gasteiger partial charge in [-0.2, -0.15) is 0 Å². The highest BCUT2D eigenvalue weighted by Gasteiger charge is 2.38. The molecule has 1 atom stereocenters. The summed E-state index contributed by atoms with van der Waals surface area (Å²) in [5, 5.41) is 0. The van der Waals surface area contributed by atoms with Crippen LogP contribution in [-0.4, -0.2) is 43.1 Å². The first kappa shape index (κ1) is 17.9. The van der Waals surface area contributed by atoms with Crippen LogP contribution in [0.5, 0.6) is 0 Å². The third-order valence-electron chi connectivity index (χ3n) is 4.47. The van der Waals surface area contributed by atoms with Crippen molar-refractivity contribution in [2.45, 2.75) is 25.9 Å². The van der Waals surface area contributed by atoms with Gasteiger partial charge in [0.05, 0.1) is 30.9 Å². The number of hydrogen-bond acceptors (Lipinski definition) is 4. The molecule has 0 aromatic heterocycles. The first-order valence-corrected chi connectivity index (χ1v) is 9.01. The number of rotatable bonds is 4. The number of benzene rings is 1. The van der Waals surface area contributed by atoms with Crippen LogP contribution in [0.1, 0.15) is 25.3 Å². The quantitative estimate of drug-likeness (QED) is 0.569. The maximum absolute atomic E-state index is 13.0. The van der Waals surface area contributed by atoms with Crippen molar-refractivity contribution in [1.82, 2.24) is 4.90 Å². The molecule has 132 valence electrons. The number of hydrogen-bond donors (Lipinski definition) is 0. The molecule has 1 amide bonds. The number of ether oxygens (including phenoxy) is 2. The van der Waals surface area contributed by atoms with Crippen molar-refractivity contribution in [3.63, 3.8) is 0 Å². The molecule has 1 aromatic carbocycles. The van der Waals surface area contributed by atoms with Gasteiger partial charge in [0.2, 0.25) is 0 Å². The fourth-order valence-electron chi connectivity index (χ4n) is 3.20. The van der Waals surface area contributed by atoms with Crippen molar-refractivity contribution in [2.24, 2.45) is 0 Å². The first-order chi connectivity index (χ1) is 12.0. The minimum absolute atomic E-state index is 0.0167. The van der Waals surface area contributed by atoms with Crippen molar-refractivity contribution in [2.75, 3.05) is 20.3 Å². The van der Waals surface area contributed by atoms with Crippen LogP contribution < -0.4 is 0 Å². The molecular formula is C19H20BrNO4. The van der Waals surface area contributed by atoms with Gasteiger partial charge < -0.3 is 14.4 Å². The van der Waals surface area contributed by atoms with Crippen molar-refractivity contribution in [1.29, 1.82) is 0 Å². The average molecular weight is 406 g/mol. The zero-order valence-electron chi connectivity index (χ0n) is 14.3. The van der Waals surface area contributed by atoms with Gasteiger partial charge in [0.1, 0.15) is 0 Å². The van der Waals surface area contributed by atoms with Crippen molar-refractivity contribution < 1.29 is 19.1 Å². The summed E-state index contributed by atoms with van der Waals surface area (Å²) in [6, 6.07) is 7.57. The SMILES string of the molecule is COC(=O)C1=C(C)N(C[C@@H]2CCCO2)C(=O)/C1=C\c1cccc(Br)c1. The van der Waals surface area contributed by atoms with Gasteiger partial charge in [-0.05, 0) is 43.5 Å². The summed E-state index contributed by atoms with van der Waals surface area (Å²) in [4.78, 5) is 26.9. The van der Waals surface area contributed by atoms with Gasteiger partial charge >= 0.3 is 5.97 Å². The molecule has 2 aliphatic rings. The van der Waals surface area contributed by atoms with Gasteiger partial charge in [0, 0.05) is 16.8 Å². The van der Waals surface area contributed by atoms with Crippen LogP contribution in [0.2, 0.25) is 0 Å². The Morgan fingerprint density at radius 3 is 2.92 bits per heavy atom. The Morgan fingerprint density at radius 1 is 1.48 bits per heavy atom. The van der Waals surface area contributed by atoms with Crippen LogP contribution in [0.4, 0.5) is 0 Å². The molecule has 1 fully saturated rings. The van der Waals surface area contributed by atoms with E-state index in [-0.39, 0.29) is 12.0 Å². The zero-order chi connectivity index (χ0) is 18.0. The number of carbonyl (C=O) groups excluding carboxylic acids is 2. The smallest absolute Gasteiger partial charge is 0.340 e. The number of amides is 1. The van der Waals surface area contributed by atoms with Crippen LogP contribution in [0.15, 0.2) is 45.6 Å². The highest BCUT2D eigenvalue weighted by Crippen LogP contribution is 2.33. The monoisotopic (exact) mass is 405 g/mol. The number of methoxy groups -OCH3 is 1. The van der Waals surface area contributed by atoms with Crippen molar-refractivity contribution in [3.05, 3.63) is 51.1 Å². The molecule has 1 saturated heterocycles. The molecule has 2 heterocycles. The fourth-order valence-corrected chi connectivity index (χ4v) is 3.62. The molecule has 0 saturated carbocycles. The lowest BCUT2D eigenvalue weighted by Gasteiger charge is -2.21. The Hall–Kier alpha value is -1.92. The normalized spacial score (nSPS) is 22.2. The number of esters is 1. The second kappa shape index (κ2) is 7.54. The number of carbonyl (C=O) groups is 2. The van der Waals surface area contributed by atoms with E-state index in [9.17, 15) is 9.59 Å². The number of halogens is 1. The third kappa shape index (κ3) is 3.70. The molecule has 2 aliphatic heterocycles. The van der Waals surface area contributed by atoms with Gasteiger partial charge in [-0.25, -0.2) is 4.79 Å². The lowest BCUT2D eigenvalue weighted by atomic mass is 10.0. The third-order valence-corrected chi connectivity index (χ3v) is 4.96. The lowest BCUT2D eigenvalue weighted by molar-refractivity contribution is -0.136. The fraction of sp³-hybridized carbons (Fsp3) is 0.368. The molecule has 0 radical (unpaired) electrons. The van der Waals surface area contributed by atoms with Gasteiger partial charge in [-0.3, -0.25) is 4.79 Å². The van der Waals surface area contributed by atoms with Gasteiger partial charge in [-0.15, -0.1) is 0 Å². The Balaban J connectivity index is 1.98. The molecule has 0 aliphatic carbocycles. The highest BCUT2D eigenvalue weighted by atomic mass is 79.9. The molecule has 3 rings (SSSR count). The van der Waals surface area contributed by atoms with E-state index in [1.807, 2.05) is 24.3 Å². The van der Waals surface area contributed by atoms with Crippen LogP contribution in [-0.2, 0) is 19.1 Å². The molecule has 1 aromatic rings. The summed E-state index contributed by atoms with van der Waals surface area (Å²) in [5.41, 5.74) is 2.14. The summed E-state index contributed by atoms with van der Waals surface area (Å²) in [6.07, 6.45) is 3.68. The second-order valence-corrected chi connectivity index (χ2v) is 7.03. The minimum atomic E-state index is -0.498. The maximum Gasteiger partial charge on any atom is 0.340 e. The number of nitrogens with zero attached hydrogens (tertiary/aromatic N) is 1. The average Bonchev–Trinajstić information content (AvgIpc) is 3.18. The summed E-state index contributed by atoms with van der Waals surface area (Å²) >= 11 is 3.42. The first-order valence-electron chi connectivity index (χ1n) is 8.21. The molecule has 5 nitrogen and oxygen atoms in total. The van der Waals surface area contributed by atoms with Crippen LogP contribution in [0.3, 0.4) is 0 Å². The maximum atomic E-state index is 13.0. The second-order valence-electron chi connectivity index (χ2n) is 6.12. The molecule has 0 N–H and O–H groups in total. The van der Waals surface area contributed by atoms with E-state index in [2.05, 4.69) is 15.9 Å². The summed E-state index contributed by atoms with van der Waals surface area (Å²) in [5.74, 6) is -0.685. The lowest BCUT2D eigenvalue weighted by Crippen LogP contribution is -2.33. The summed E-state index contributed by atoms with van der Waals surface area (Å²) < 4.78 is 11.5. The van der Waals surface area contributed by atoms with E-state index in [0.29, 0.717) is 23.4 Å². The van der Waals surface area contributed by atoms with Crippen molar-refractivity contribution in [3.8, 4) is 0 Å². The van der Waals surface area contributed by atoms with Crippen LogP contribution in [0.25, 0.3) is 6.08 Å². The highest BCUT2D eigenvalue weighted by molar-refractivity contribution is 9.10. The molecule has 6 heteroatoms. The molecular weight excluding hydrogens is 386 g/mol. The van der Waals surface area contributed by atoms with E-state index >= 15 is 0 Å². The zero-order valence-corrected chi connectivity index (χ0v) is 15.8. The van der Waals surface area contributed by atoms with Gasteiger partial charge in [0.15, 0.2) is 0 Å². The van der Waals surface area contributed by atoms with E-state index in [1.54, 1.807) is 17.9 Å². The molecule has 0 bridgehead atoms. The Labute approximate surface area is 155 Å². The summed E-state index contributed by atoms with van der Waals surface area (Å²) in [7, 11) is 1.33. The Kier molecular flexibility index (Phi) is 5.39. The minimum Gasteiger partial charge on any atom is -0.465 e. The Bertz CT molecular complexity index is 762. The largest absolute Gasteiger partial charge is 0.465 e. The standard InChI is InChI=1S/C19H20BrNO4/c1-12-17(19(23)24-2)16(10-13-5-3-6-14(20)9-13)18(22)21(12)11-15-7-4-8-25-15/h3,5-6,9-10,15H,4,7-8,11H2,1-2H3/b16-10-/t15-/m0/s1. The predicted molar refractivity (Wildman–Crippen MR) is 97.5 cm³/mol. The summed E-state index contributed by atoms with van der Waals surface area (Å²) in [6.45, 7) is 2.96. The van der Waals surface area contributed by atoms with Gasteiger partial charge in [0.25, 0.3) is 5.91 Å². The molecule has 25 heavy (non-hydrogen) atoms. The predicted octanol–water partition coefficient (Wildman–Crippen LogP) is 3.30. The van der Waals surface area contributed by atoms with E-state index in [0.717, 1.165) is 29.5 Å². The van der Waals surface area contributed by atoms with Gasteiger partial charge in [-0.1, -0.05) is 28.1 Å². The molecule has 0 spiro atoms. The van der Waals surface area contributed by atoms with Crippen LogP contribution in [0, 0.1) is 0 Å². The topological polar surface area (TPSA) is 55.8 Å². The number of allylic oxidation sites excluding steroid dienone is 1. The van der Waals surface area contributed by atoms with Crippen LogP contribution >= 0.6 is 15.9 Å². The van der Waals surface area contributed by atoms with E-state index in [1.165, 1.54) is 7.11 Å². The van der Waals surface area contributed by atoms with Crippen molar-refractivity contribution >= 4 is 33.9 Å². The van der Waals surface area contributed by atoms with E-state index in [4.69, 9.17) is 9.47 Å². The molecule has 0 unspecified atom stereocenters. The Morgan fingerprint density at radius 2 is 2.28 bits per heavy atom.